The molecule has 0 aromatic heterocycles. The SMILES string of the molecule is CC(O)C1(C(=O)O)NC(c2ccc(C=Cc3ccccc3)cc2)C2C(=O)N(C3CCCCC3)C(=O)C21. The molecule has 2 heterocycles. The lowest BCUT2D eigenvalue weighted by atomic mass is 9.76. The molecule has 2 aromatic rings. The third-order valence-corrected chi connectivity index (χ3v) is 8.15. The maximum Gasteiger partial charge on any atom is 0.327 e. The van der Waals surface area contributed by atoms with Crippen LogP contribution in [0.1, 0.15) is 61.8 Å². The summed E-state index contributed by atoms with van der Waals surface area (Å²) in [5.41, 5.74) is 0.812. The molecule has 36 heavy (non-hydrogen) atoms. The van der Waals surface area contributed by atoms with Crippen molar-refractivity contribution in [3.05, 3.63) is 71.3 Å². The number of carboxylic acid groups (broad SMARTS) is 1. The Labute approximate surface area is 210 Å². The van der Waals surface area contributed by atoms with Gasteiger partial charge in [-0.2, -0.15) is 0 Å². The highest BCUT2D eigenvalue weighted by atomic mass is 16.4. The van der Waals surface area contributed by atoms with Crippen LogP contribution in [0.4, 0.5) is 0 Å². The molecule has 2 aliphatic heterocycles. The number of fused-ring (bicyclic) bond motifs is 1. The zero-order valence-electron chi connectivity index (χ0n) is 20.3. The molecule has 7 heteroatoms. The molecule has 3 fully saturated rings. The van der Waals surface area contributed by atoms with Crippen molar-refractivity contribution in [3.8, 4) is 0 Å². The molecule has 0 radical (unpaired) electrons. The van der Waals surface area contributed by atoms with E-state index in [9.17, 15) is 24.6 Å². The first-order valence-corrected chi connectivity index (χ1v) is 12.7. The number of imide groups is 1. The Morgan fingerprint density at radius 1 is 0.972 bits per heavy atom. The first kappa shape index (κ1) is 24.4. The number of amides is 2. The summed E-state index contributed by atoms with van der Waals surface area (Å²) in [6.07, 6.45) is 7.05. The van der Waals surface area contributed by atoms with Gasteiger partial charge in [0.2, 0.25) is 11.8 Å². The Bertz CT molecular complexity index is 1170. The highest BCUT2D eigenvalue weighted by molar-refractivity contribution is 6.10. The molecule has 2 amide bonds. The number of aliphatic carboxylic acids is 1. The molecule has 0 bridgehead atoms. The lowest BCUT2D eigenvalue weighted by molar-refractivity contribution is -0.157. The number of aliphatic hydroxyl groups is 1. The molecule has 1 saturated carbocycles. The minimum absolute atomic E-state index is 0.198. The van der Waals surface area contributed by atoms with Crippen LogP contribution in [-0.2, 0) is 14.4 Å². The second-order valence-corrected chi connectivity index (χ2v) is 10.2. The van der Waals surface area contributed by atoms with Crippen LogP contribution in [0.5, 0.6) is 0 Å². The minimum atomic E-state index is -1.93. The van der Waals surface area contributed by atoms with Crippen molar-refractivity contribution in [2.75, 3.05) is 0 Å². The van der Waals surface area contributed by atoms with Crippen molar-refractivity contribution in [1.82, 2.24) is 10.2 Å². The van der Waals surface area contributed by atoms with Gasteiger partial charge in [-0.15, -0.1) is 0 Å². The zero-order chi connectivity index (χ0) is 25.4. The topological polar surface area (TPSA) is 107 Å². The fraction of sp³-hybridized carbons (Fsp3) is 0.414. The normalized spacial score (nSPS) is 29.6. The lowest BCUT2D eigenvalue weighted by Crippen LogP contribution is -2.62. The number of carbonyl (C=O) groups is 3. The molecule has 5 unspecified atom stereocenters. The van der Waals surface area contributed by atoms with Gasteiger partial charge >= 0.3 is 5.97 Å². The average Bonchev–Trinajstić information content (AvgIpc) is 3.39. The fourth-order valence-electron chi connectivity index (χ4n) is 6.28. The molecule has 7 nitrogen and oxygen atoms in total. The number of likely N-dealkylation sites (tertiary alicyclic amines) is 1. The molecule has 2 saturated heterocycles. The van der Waals surface area contributed by atoms with E-state index < -0.39 is 41.4 Å². The molecule has 1 aliphatic carbocycles. The van der Waals surface area contributed by atoms with Crippen LogP contribution in [0, 0.1) is 11.8 Å². The summed E-state index contributed by atoms with van der Waals surface area (Å²) in [4.78, 5) is 41.3. The molecule has 3 aliphatic rings. The summed E-state index contributed by atoms with van der Waals surface area (Å²) in [7, 11) is 0. The number of aliphatic hydroxyl groups excluding tert-OH is 1. The van der Waals surface area contributed by atoms with Crippen LogP contribution in [0.25, 0.3) is 12.2 Å². The zero-order valence-corrected chi connectivity index (χ0v) is 20.3. The number of nitrogens with zero attached hydrogens (tertiary/aromatic N) is 1. The van der Waals surface area contributed by atoms with Crippen LogP contribution in [0.15, 0.2) is 54.6 Å². The summed E-state index contributed by atoms with van der Waals surface area (Å²) >= 11 is 0. The molecule has 3 N–H and O–H groups in total. The number of carboxylic acids is 1. The molecular formula is C29H32N2O5. The third kappa shape index (κ3) is 3.96. The standard InChI is InChI=1S/C29H32N2O5/c1-18(32)29(28(35)36)24-23(26(33)31(27(24)34)22-10-6-3-7-11-22)25(30-29)21-16-14-20(15-17-21)13-12-19-8-4-2-5-9-19/h2,4-5,8-9,12-18,22-25,30,32H,3,6-7,10-11H2,1H3,(H,35,36). The Hall–Kier alpha value is -3.29. The summed E-state index contributed by atoms with van der Waals surface area (Å²) in [5.74, 6) is -4.16. The van der Waals surface area contributed by atoms with E-state index in [1.54, 1.807) is 0 Å². The van der Waals surface area contributed by atoms with Crippen LogP contribution in [-0.4, -0.2) is 50.6 Å². The minimum Gasteiger partial charge on any atom is -0.480 e. The van der Waals surface area contributed by atoms with Gasteiger partial charge in [-0.05, 0) is 36.5 Å². The maximum absolute atomic E-state index is 13.7. The van der Waals surface area contributed by atoms with E-state index in [0.29, 0.717) is 0 Å². The first-order valence-electron chi connectivity index (χ1n) is 12.7. The van der Waals surface area contributed by atoms with Crippen molar-refractivity contribution < 1.29 is 24.6 Å². The lowest BCUT2D eigenvalue weighted by Gasteiger charge is -2.36. The van der Waals surface area contributed by atoms with Crippen molar-refractivity contribution in [2.24, 2.45) is 11.8 Å². The van der Waals surface area contributed by atoms with Crippen LogP contribution in [0.2, 0.25) is 0 Å². The number of hydrogen-bond acceptors (Lipinski definition) is 5. The summed E-state index contributed by atoms with van der Waals surface area (Å²) in [6, 6.07) is 16.6. The van der Waals surface area contributed by atoms with E-state index in [2.05, 4.69) is 5.32 Å². The second kappa shape index (κ2) is 9.64. The van der Waals surface area contributed by atoms with Crippen LogP contribution in [0.3, 0.4) is 0 Å². The quantitative estimate of drug-likeness (QED) is 0.423. The van der Waals surface area contributed by atoms with E-state index in [0.717, 1.165) is 48.8 Å². The predicted molar refractivity (Wildman–Crippen MR) is 135 cm³/mol. The van der Waals surface area contributed by atoms with Gasteiger partial charge in [-0.1, -0.05) is 86.0 Å². The number of nitrogens with one attached hydrogen (secondary N) is 1. The molecule has 0 spiro atoms. The van der Waals surface area contributed by atoms with Crippen molar-refractivity contribution >= 4 is 29.9 Å². The van der Waals surface area contributed by atoms with Crippen LogP contribution < -0.4 is 5.32 Å². The van der Waals surface area contributed by atoms with E-state index in [1.807, 2.05) is 66.7 Å². The van der Waals surface area contributed by atoms with Gasteiger partial charge in [0.15, 0.2) is 5.54 Å². The Kier molecular flexibility index (Phi) is 6.53. The largest absolute Gasteiger partial charge is 0.480 e. The van der Waals surface area contributed by atoms with E-state index >= 15 is 0 Å². The predicted octanol–water partition coefficient (Wildman–Crippen LogP) is 3.64. The Morgan fingerprint density at radius 2 is 1.58 bits per heavy atom. The number of rotatable bonds is 6. The van der Waals surface area contributed by atoms with Gasteiger partial charge in [0.1, 0.15) is 0 Å². The molecule has 188 valence electrons. The summed E-state index contributed by atoms with van der Waals surface area (Å²) in [6.45, 7) is 1.37. The molecule has 5 rings (SSSR count). The molecule has 5 atom stereocenters. The second-order valence-electron chi connectivity index (χ2n) is 10.2. The van der Waals surface area contributed by atoms with Crippen molar-refractivity contribution in [1.29, 1.82) is 0 Å². The number of carbonyl (C=O) groups excluding carboxylic acids is 2. The number of hydrogen-bond donors (Lipinski definition) is 3. The summed E-state index contributed by atoms with van der Waals surface area (Å²) < 4.78 is 0. The molecule has 2 aromatic carbocycles. The first-order chi connectivity index (χ1) is 17.3. The van der Waals surface area contributed by atoms with Gasteiger partial charge in [-0.25, -0.2) is 0 Å². The van der Waals surface area contributed by atoms with E-state index in [-0.39, 0.29) is 11.9 Å². The van der Waals surface area contributed by atoms with Gasteiger partial charge in [0.25, 0.3) is 0 Å². The van der Waals surface area contributed by atoms with Crippen molar-refractivity contribution in [2.45, 2.75) is 62.8 Å². The smallest absolute Gasteiger partial charge is 0.327 e. The Balaban J connectivity index is 1.48. The van der Waals surface area contributed by atoms with Gasteiger partial charge in [0.05, 0.1) is 17.9 Å². The highest BCUT2D eigenvalue weighted by Gasteiger charge is 2.70. The summed E-state index contributed by atoms with van der Waals surface area (Å²) in [5, 5.41) is 24.0. The maximum atomic E-state index is 13.7. The van der Waals surface area contributed by atoms with E-state index in [1.165, 1.54) is 11.8 Å². The van der Waals surface area contributed by atoms with E-state index in [4.69, 9.17) is 0 Å². The van der Waals surface area contributed by atoms with Crippen LogP contribution >= 0.6 is 0 Å². The van der Waals surface area contributed by atoms with Gasteiger partial charge < -0.3 is 10.2 Å². The molecular weight excluding hydrogens is 456 g/mol. The van der Waals surface area contributed by atoms with Gasteiger partial charge in [0, 0.05) is 12.1 Å². The monoisotopic (exact) mass is 488 g/mol. The third-order valence-electron chi connectivity index (χ3n) is 8.15. The van der Waals surface area contributed by atoms with Gasteiger partial charge in [-0.3, -0.25) is 24.6 Å². The highest BCUT2D eigenvalue weighted by Crippen LogP contribution is 2.51. The average molecular weight is 489 g/mol. The van der Waals surface area contributed by atoms with Crippen molar-refractivity contribution in [3.63, 3.8) is 0 Å². The fourth-order valence-corrected chi connectivity index (χ4v) is 6.28. The Morgan fingerprint density at radius 3 is 2.17 bits per heavy atom. The number of benzene rings is 2.